The average Bonchev–Trinajstić information content (AvgIpc) is 3.16. The van der Waals surface area contributed by atoms with Crippen molar-refractivity contribution < 1.29 is 14.3 Å². The molecule has 110 valence electrons. The number of amides is 1. The van der Waals surface area contributed by atoms with E-state index in [-0.39, 0.29) is 30.1 Å². The van der Waals surface area contributed by atoms with E-state index in [0.717, 1.165) is 12.8 Å². The lowest BCUT2D eigenvalue weighted by Crippen LogP contribution is -2.37. The summed E-state index contributed by atoms with van der Waals surface area (Å²) < 4.78 is 14.3. The molecule has 0 saturated carbocycles. The quantitative estimate of drug-likeness (QED) is 0.915. The second-order valence-corrected chi connectivity index (χ2v) is 5.00. The van der Waals surface area contributed by atoms with E-state index in [1.54, 1.807) is 17.0 Å². The Labute approximate surface area is 120 Å². The van der Waals surface area contributed by atoms with Gasteiger partial charge in [0.05, 0.1) is 24.5 Å². The lowest BCUT2D eigenvalue weighted by atomic mass is 10.2. The van der Waals surface area contributed by atoms with Crippen LogP contribution in [-0.4, -0.2) is 50.1 Å². The number of carbonyl (C=O) groups is 1. The normalized spacial score (nSPS) is 18.2. The van der Waals surface area contributed by atoms with Gasteiger partial charge in [0.25, 0.3) is 5.91 Å². The van der Waals surface area contributed by atoms with Gasteiger partial charge in [0.2, 0.25) is 0 Å². The standard InChI is InChI=1S/C14H15FN4O2/c15-10-3-5-11(6-4-10)19-8-13(16-17-19)14(21)18-7-1-2-12(18)9-20/h3-6,8,12,20H,1-2,7,9H2/t12-/m1/s1. The summed E-state index contributed by atoms with van der Waals surface area (Å²) in [6.45, 7) is 0.575. The van der Waals surface area contributed by atoms with Crippen molar-refractivity contribution in [2.45, 2.75) is 18.9 Å². The minimum absolute atomic E-state index is 0.0438. The van der Waals surface area contributed by atoms with Crippen molar-refractivity contribution >= 4 is 5.91 Å². The third kappa shape index (κ3) is 2.64. The monoisotopic (exact) mass is 290 g/mol. The second kappa shape index (κ2) is 5.61. The summed E-state index contributed by atoms with van der Waals surface area (Å²) in [5, 5.41) is 17.0. The van der Waals surface area contributed by atoms with Gasteiger partial charge in [-0.1, -0.05) is 5.21 Å². The lowest BCUT2D eigenvalue weighted by Gasteiger charge is -2.21. The van der Waals surface area contributed by atoms with Crippen LogP contribution in [0.4, 0.5) is 4.39 Å². The molecular formula is C14H15FN4O2. The number of nitrogens with zero attached hydrogens (tertiary/aromatic N) is 4. The molecule has 0 unspecified atom stereocenters. The Balaban J connectivity index is 1.81. The maximum absolute atomic E-state index is 12.9. The number of rotatable bonds is 3. The highest BCUT2D eigenvalue weighted by atomic mass is 19.1. The molecule has 2 heterocycles. The first-order valence-corrected chi connectivity index (χ1v) is 6.79. The van der Waals surface area contributed by atoms with Crippen LogP contribution in [0.3, 0.4) is 0 Å². The fourth-order valence-corrected chi connectivity index (χ4v) is 2.52. The van der Waals surface area contributed by atoms with E-state index >= 15 is 0 Å². The van der Waals surface area contributed by atoms with Gasteiger partial charge in [0, 0.05) is 6.54 Å². The van der Waals surface area contributed by atoms with E-state index in [1.165, 1.54) is 23.0 Å². The number of aliphatic hydroxyl groups is 1. The number of hydrogen-bond donors (Lipinski definition) is 1. The topological polar surface area (TPSA) is 71.2 Å². The van der Waals surface area contributed by atoms with Crippen molar-refractivity contribution in [1.29, 1.82) is 0 Å². The van der Waals surface area contributed by atoms with Gasteiger partial charge < -0.3 is 10.0 Å². The minimum atomic E-state index is -0.335. The molecule has 1 N–H and O–H groups in total. The van der Waals surface area contributed by atoms with Crippen LogP contribution in [0.15, 0.2) is 30.5 Å². The van der Waals surface area contributed by atoms with Gasteiger partial charge in [0.15, 0.2) is 5.69 Å². The molecule has 7 heteroatoms. The Bertz CT molecular complexity index is 641. The highest BCUT2D eigenvalue weighted by Crippen LogP contribution is 2.19. The molecule has 0 aliphatic carbocycles. The van der Waals surface area contributed by atoms with E-state index in [2.05, 4.69) is 10.3 Å². The van der Waals surface area contributed by atoms with E-state index in [1.807, 2.05) is 0 Å². The average molecular weight is 290 g/mol. The number of carbonyl (C=O) groups excluding carboxylic acids is 1. The van der Waals surface area contributed by atoms with Crippen molar-refractivity contribution in [3.8, 4) is 5.69 Å². The summed E-state index contributed by atoms with van der Waals surface area (Å²) in [4.78, 5) is 14.0. The zero-order valence-electron chi connectivity index (χ0n) is 11.3. The summed E-state index contributed by atoms with van der Waals surface area (Å²) in [5.41, 5.74) is 0.850. The van der Waals surface area contributed by atoms with Crippen LogP contribution in [0.2, 0.25) is 0 Å². The van der Waals surface area contributed by atoms with Crippen LogP contribution in [0, 0.1) is 5.82 Å². The fraction of sp³-hybridized carbons (Fsp3) is 0.357. The van der Waals surface area contributed by atoms with Crippen LogP contribution in [0.5, 0.6) is 0 Å². The molecule has 0 radical (unpaired) electrons. The van der Waals surface area contributed by atoms with Crippen molar-refractivity contribution in [3.05, 3.63) is 42.0 Å². The Morgan fingerprint density at radius 3 is 2.86 bits per heavy atom. The lowest BCUT2D eigenvalue weighted by molar-refractivity contribution is 0.0671. The molecular weight excluding hydrogens is 275 g/mol. The SMILES string of the molecule is O=C(c1cn(-c2ccc(F)cc2)nn1)N1CCC[C@@H]1CO. The third-order valence-electron chi connectivity index (χ3n) is 3.65. The van der Waals surface area contributed by atoms with Crippen molar-refractivity contribution in [2.75, 3.05) is 13.2 Å². The van der Waals surface area contributed by atoms with Crippen LogP contribution in [0.1, 0.15) is 23.3 Å². The number of halogens is 1. The highest BCUT2D eigenvalue weighted by molar-refractivity contribution is 5.92. The highest BCUT2D eigenvalue weighted by Gasteiger charge is 2.30. The molecule has 6 nitrogen and oxygen atoms in total. The van der Waals surface area contributed by atoms with Gasteiger partial charge in [-0.3, -0.25) is 4.79 Å². The predicted octanol–water partition coefficient (Wildman–Crippen LogP) is 1.00. The molecule has 1 atom stereocenters. The van der Waals surface area contributed by atoms with Gasteiger partial charge in [-0.2, -0.15) is 0 Å². The minimum Gasteiger partial charge on any atom is -0.394 e. The number of hydrogen-bond acceptors (Lipinski definition) is 4. The Morgan fingerprint density at radius 2 is 2.14 bits per heavy atom. The molecule has 1 aliphatic heterocycles. The van der Waals surface area contributed by atoms with Gasteiger partial charge in [-0.05, 0) is 37.1 Å². The Kier molecular flexibility index (Phi) is 3.66. The van der Waals surface area contributed by atoms with Crippen LogP contribution in [-0.2, 0) is 0 Å². The first-order chi connectivity index (χ1) is 10.2. The largest absolute Gasteiger partial charge is 0.394 e. The zero-order valence-corrected chi connectivity index (χ0v) is 11.3. The van der Waals surface area contributed by atoms with Crippen LogP contribution in [0.25, 0.3) is 5.69 Å². The number of aliphatic hydroxyl groups excluding tert-OH is 1. The third-order valence-corrected chi connectivity index (χ3v) is 3.65. The van der Waals surface area contributed by atoms with E-state index in [0.29, 0.717) is 12.2 Å². The van der Waals surface area contributed by atoms with E-state index in [4.69, 9.17) is 0 Å². The molecule has 1 aliphatic rings. The molecule has 3 rings (SSSR count). The Hall–Kier alpha value is -2.28. The first kappa shape index (κ1) is 13.7. The summed E-state index contributed by atoms with van der Waals surface area (Å²) in [6.07, 6.45) is 3.19. The van der Waals surface area contributed by atoms with Crippen LogP contribution >= 0.6 is 0 Å². The second-order valence-electron chi connectivity index (χ2n) is 5.00. The van der Waals surface area contributed by atoms with Gasteiger partial charge in [-0.15, -0.1) is 5.10 Å². The zero-order chi connectivity index (χ0) is 14.8. The summed E-state index contributed by atoms with van der Waals surface area (Å²) in [5.74, 6) is -0.571. The van der Waals surface area contributed by atoms with Gasteiger partial charge >= 0.3 is 0 Å². The number of aromatic nitrogens is 3. The number of benzene rings is 1. The molecule has 1 fully saturated rings. The molecule has 0 spiro atoms. The smallest absolute Gasteiger partial charge is 0.276 e. The summed E-state index contributed by atoms with van der Waals surface area (Å²) in [6, 6.07) is 5.62. The first-order valence-electron chi connectivity index (χ1n) is 6.79. The maximum Gasteiger partial charge on any atom is 0.276 e. The molecule has 0 bridgehead atoms. The molecule has 1 aromatic carbocycles. The van der Waals surface area contributed by atoms with Crippen molar-refractivity contribution in [3.63, 3.8) is 0 Å². The van der Waals surface area contributed by atoms with E-state index in [9.17, 15) is 14.3 Å². The molecule has 1 amide bonds. The van der Waals surface area contributed by atoms with E-state index < -0.39 is 0 Å². The molecule has 21 heavy (non-hydrogen) atoms. The maximum atomic E-state index is 12.9. The molecule has 1 saturated heterocycles. The molecule has 1 aromatic heterocycles. The Morgan fingerprint density at radius 1 is 1.38 bits per heavy atom. The van der Waals surface area contributed by atoms with Gasteiger partial charge in [-0.25, -0.2) is 9.07 Å². The molecule has 2 aromatic rings. The van der Waals surface area contributed by atoms with Crippen LogP contribution < -0.4 is 0 Å². The predicted molar refractivity (Wildman–Crippen MR) is 72.5 cm³/mol. The van der Waals surface area contributed by atoms with Crippen molar-refractivity contribution in [2.24, 2.45) is 0 Å². The van der Waals surface area contributed by atoms with Crippen molar-refractivity contribution in [1.82, 2.24) is 19.9 Å². The fourth-order valence-electron chi connectivity index (χ4n) is 2.52. The summed E-state index contributed by atoms with van der Waals surface area (Å²) >= 11 is 0. The van der Waals surface area contributed by atoms with Gasteiger partial charge in [0.1, 0.15) is 5.82 Å². The summed E-state index contributed by atoms with van der Waals surface area (Å²) in [7, 11) is 0. The number of likely N-dealkylation sites (tertiary alicyclic amines) is 1.